The molecular weight excluding hydrogens is 210 g/mol. The van der Waals surface area contributed by atoms with Crippen molar-refractivity contribution in [1.82, 2.24) is 0 Å². The summed E-state index contributed by atoms with van der Waals surface area (Å²) in [6, 6.07) is 8.49. The largest absolute Gasteiger partial charge is 0.393 e. The molecule has 0 aromatic heterocycles. The van der Waals surface area contributed by atoms with Gasteiger partial charge < -0.3 is 10.8 Å². The lowest BCUT2D eigenvalue weighted by atomic mass is 9.73. The maximum atomic E-state index is 9.61. The minimum Gasteiger partial charge on any atom is -0.393 e. The van der Waals surface area contributed by atoms with Crippen molar-refractivity contribution in [1.29, 1.82) is 0 Å². The fourth-order valence-electron chi connectivity index (χ4n) is 2.84. The molecule has 0 atom stereocenters. The Morgan fingerprint density at radius 1 is 1.24 bits per heavy atom. The highest BCUT2D eigenvalue weighted by Gasteiger charge is 2.34. The van der Waals surface area contributed by atoms with Crippen molar-refractivity contribution in [2.45, 2.75) is 57.1 Å². The van der Waals surface area contributed by atoms with Crippen LogP contribution in [0, 0.1) is 0 Å². The molecule has 1 aromatic carbocycles. The van der Waals surface area contributed by atoms with Crippen molar-refractivity contribution in [3.05, 3.63) is 35.4 Å². The minimum atomic E-state index is -0.236. The molecule has 0 spiro atoms. The van der Waals surface area contributed by atoms with Gasteiger partial charge in [-0.2, -0.15) is 0 Å². The third-order valence-electron chi connectivity index (χ3n) is 3.97. The van der Waals surface area contributed by atoms with E-state index in [1.807, 2.05) is 0 Å². The van der Waals surface area contributed by atoms with E-state index in [1.165, 1.54) is 11.1 Å². The van der Waals surface area contributed by atoms with Crippen molar-refractivity contribution in [3.8, 4) is 0 Å². The Kier molecular flexibility index (Phi) is 3.55. The van der Waals surface area contributed by atoms with Crippen LogP contribution in [0.15, 0.2) is 24.3 Å². The molecule has 1 aromatic rings. The zero-order chi connectivity index (χ0) is 12.5. The average Bonchev–Trinajstić information content (AvgIpc) is 2.33. The van der Waals surface area contributed by atoms with Crippen molar-refractivity contribution in [3.63, 3.8) is 0 Å². The van der Waals surface area contributed by atoms with Gasteiger partial charge in [-0.3, -0.25) is 0 Å². The highest BCUT2D eigenvalue weighted by Crippen LogP contribution is 2.38. The van der Waals surface area contributed by atoms with Gasteiger partial charge in [-0.15, -0.1) is 0 Å². The third kappa shape index (κ3) is 2.53. The number of hydrogen-bond donors (Lipinski definition) is 2. The topological polar surface area (TPSA) is 46.2 Å². The summed E-state index contributed by atoms with van der Waals surface area (Å²) in [5, 5.41) is 9.61. The summed E-state index contributed by atoms with van der Waals surface area (Å²) in [6.07, 6.45) is 3.26. The summed E-state index contributed by atoms with van der Waals surface area (Å²) >= 11 is 0. The summed E-state index contributed by atoms with van der Waals surface area (Å²) in [5.74, 6) is 0.499. The molecule has 0 radical (unpaired) electrons. The number of aliphatic hydroxyl groups excluding tert-OH is 1. The van der Waals surface area contributed by atoms with Gasteiger partial charge >= 0.3 is 0 Å². The van der Waals surface area contributed by atoms with Crippen LogP contribution in [0.25, 0.3) is 0 Å². The Labute approximate surface area is 104 Å². The van der Waals surface area contributed by atoms with Crippen LogP contribution in [-0.2, 0) is 5.54 Å². The normalized spacial score (nSPS) is 29.6. The van der Waals surface area contributed by atoms with Crippen LogP contribution in [-0.4, -0.2) is 11.2 Å². The van der Waals surface area contributed by atoms with Gasteiger partial charge in [0, 0.05) is 5.54 Å². The molecule has 0 aliphatic heterocycles. The van der Waals surface area contributed by atoms with Crippen LogP contribution in [0.4, 0.5) is 0 Å². The van der Waals surface area contributed by atoms with Gasteiger partial charge in [-0.05, 0) is 42.7 Å². The fourth-order valence-corrected chi connectivity index (χ4v) is 2.84. The van der Waals surface area contributed by atoms with Gasteiger partial charge in [0.2, 0.25) is 0 Å². The molecule has 2 rings (SSSR count). The molecule has 17 heavy (non-hydrogen) atoms. The van der Waals surface area contributed by atoms with Crippen LogP contribution < -0.4 is 5.73 Å². The first kappa shape index (κ1) is 12.6. The van der Waals surface area contributed by atoms with Crippen molar-refractivity contribution < 1.29 is 5.11 Å². The molecule has 0 heterocycles. The fraction of sp³-hybridized carbons (Fsp3) is 0.600. The molecule has 1 saturated carbocycles. The Morgan fingerprint density at radius 2 is 1.82 bits per heavy atom. The van der Waals surface area contributed by atoms with Crippen molar-refractivity contribution in [2.75, 3.05) is 0 Å². The second-order valence-electron chi connectivity index (χ2n) is 5.63. The standard InChI is InChI=1S/C15H23NO/c1-11(2)13-5-3-4-6-14(13)15(16)9-7-12(17)8-10-15/h3-6,11-12,17H,7-10,16H2,1-2H3. The summed E-state index contributed by atoms with van der Waals surface area (Å²) in [5.41, 5.74) is 8.97. The van der Waals surface area contributed by atoms with E-state index in [9.17, 15) is 5.11 Å². The SMILES string of the molecule is CC(C)c1ccccc1C1(N)CCC(O)CC1. The number of nitrogens with two attached hydrogens (primary N) is 1. The molecule has 0 unspecified atom stereocenters. The van der Waals surface area contributed by atoms with E-state index in [2.05, 4.69) is 38.1 Å². The average molecular weight is 233 g/mol. The molecule has 3 N–H and O–H groups in total. The maximum absolute atomic E-state index is 9.61. The summed E-state index contributed by atoms with van der Waals surface area (Å²) < 4.78 is 0. The van der Waals surface area contributed by atoms with Gasteiger partial charge in [0.15, 0.2) is 0 Å². The van der Waals surface area contributed by atoms with Gasteiger partial charge in [0.05, 0.1) is 6.10 Å². The summed E-state index contributed by atoms with van der Waals surface area (Å²) in [6.45, 7) is 4.42. The van der Waals surface area contributed by atoms with Gasteiger partial charge in [0.1, 0.15) is 0 Å². The molecule has 2 nitrogen and oxygen atoms in total. The molecule has 0 saturated heterocycles. The summed E-state index contributed by atoms with van der Waals surface area (Å²) in [7, 11) is 0. The number of aliphatic hydroxyl groups is 1. The third-order valence-corrected chi connectivity index (χ3v) is 3.97. The molecule has 94 valence electrons. The van der Waals surface area contributed by atoms with Crippen molar-refractivity contribution in [2.24, 2.45) is 5.73 Å². The Hall–Kier alpha value is -0.860. The number of benzene rings is 1. The molecular formula is C15H23NO. The molecule has 0 bridgehead atoms. The van der Waals surface area contributed by atoms with E-state index in [0.717, 1.165) is 25.7 Å². The van der Waals surface area contributed by atoms with Crippen LogP contribution in [0.2, 0.25) is 0 Å². The second kappa shape index (κ2) is 4.79. The van der Waals surface area contributed by atoms with E-state index >= 15 is 0 Å². The van der Waals surface area contributed by atoms with E-state index in [4.69, 9.17) is 5.73 Å². The Bertz CT molecular complexity index is 378. The number of rotatable bonds is 2. The molecule has 1 aliphatic carbocycles. The predicted molar refractivity (Wildman–Crippen MR) is 70.9 cm³/mol. The lowest BCUT2D eigenvalue weighted by Crippen LogP contribution is -2.42. The van der Waals surface area contributed by atoms with E-state index in [1.54, 1.807) is 0 Å². The maximum Gasteiger partial charge on any atom is 0.0541 e. The molecule has 0 amide bonds. The Balaban J connectivity index is 2.33. The predicted octanol–water partition coefficient (Wildman–Crippen LogP) is 2.90. The first-order chi connectivity index (χ1) is 8.03. The van der Waals surface area contributed by atoms with Crippen molar-refractivity contribution >= 4 is 0 Å². The van der Waals surface area contributed by atoms with Crippen LogP contribution in [0.5, 0.6) is 0 Å². The first-order valence-electron chi connectivity index (χ1n) is 6.59. The van der Waals surface area contributed by atoms with Gasteiger partial charge in [0.25, 0.3) is 0 Å². The van der Waals surface area contributed by atoms with Gasteiger partial charge in [-0.25, -0.2) is 0 Å². The molecule has 2 heteroatoms. The second-order valence-corrected chi connectivity index (χ2v) is 5.63. The van der Waals surface area contributed by atoms with E-state index < -0.39 is 0 Å². The zero-order valence-electron chi connectivity index (χ0n) is 10.8. The quantitative estimate of drug-likeness (QED) is 0.825. The molecule has 1 aliphatic rings. The smallest absolute Gasteiger partial charge is 0.0541 e. The van der Waals surface area contributed by atoms with Crippen LogP contribution in [0.3, 0.4) is 0 Å². The van der Waals surface area contributed by atoms with Crippen LogP contribution >= 0.6 is 0 Å². The molecule has 1 fully saturated rings. The summed E-state index contributed by atoms with van der Waals surface area (Å²) in [4.78, 5) is 0. The number of hydrogen-bond acceptors (Lipinski definition) is 2. The lowest BCUT2D eigenvalue weighted by Gasteiger charge is -2.38. The highest BCUT2D eigenvalue weighted by atomic mass is 16.3. The minimum absolute atomic E-state index is 0.155. The zero-order valence-corrected chi connectivity index (χ0v) is 10.8. The first-order valence-corrected chi connectivity index (χ1v) is 6.59. The van der Waals surface area contributed by atoms with E-state index in [-0.39, 0.29) is 11.6 Å². The van der Waals surface area contributed by atoms with E-state index in [0.29, 0.717) is 5.92 Å². The highest BCUT2D eigenvalue weighted by molar-refractivity contribution is 5.36. The Morgan fingerprint density at radius 3 is 2.41 bits per heavy atom. The van der Waals surface area contributed by atoms with Crippen LogP contribution in [0.1, 0.15) is 56.6 Å². The van der Waals surface area contributed by atoms with Gasteiger partial charge in [-0.1, -0.05) is 38.1 Å². The monoisotopic (exact) mass is 233 g/mol. The lowest BCUT2D eigenvalue weighted by molar-refractivity contribution is 0.0966.